The Hall–Kier alpha value is -1.36. The molecule has 2 atom stereocenters. The fraction of sp³-hybridized carbons (Fsp3) is 0.833. The second kappa shape index (κ2) is 19.9. The minimum atomic E-state index is -1.22. The fourth-order valence-electron chi connectivity index (χ4n) is 3.34. The molecular weight excluding hydrogens is 366 g/mol. The van der Waals surface area contributed by atoms with E-state index in [0.29, 0.717) is 6.42 Å². The summed E-state index contributed by atoms with van der Waals surface area (Å²) in [6, 6.07) is -1.22. The number of hydrogen-bond acceptors (Lipinski definition) is 3. The van der Waals surface area contributed by atoms with Crippen molar-refractivity contribution in [3.63, 3.8) is 0 Å². The molecule has 0 saturated heterocycles. The van der Waals surface area contributed by atoms with Crippen molar-refractivity contribution >= 4 is 11.9 Å². The minimum Gasteiger partial charge on any atom is -0.480 e. The van der Waals surface area contributed by atoms with Gasteiger partial charge in [-0.3, -0.25) is 4.79 Å². The zero-order valence-electron chi connectivity index (χ0n) is 18.8. The molecule has 0 unspecified atom stereocenters. The minimum absolute atomic E-state index is 0.300. The SMILES string of the molecule is CCCCCCCC/C=C\CCCCCCCCCC(=O)N[C@H](C(=O)O)[C@@H](C)O. The van der Waals surface area contributed by atoms with Crippen LogP contribution >= 0.6 is 0 Å². The maximum atomic E-state index is 11.7. The van der Waals surface area contributed by atoms with Crippen LogP contribution in [-0.2, 0) is 9.59 Å². The smallest absolute Gasteiger partial charge is 0.328 e. The average molecular weight is 412 g/mol. The van der Waals surface area contributed by atoms with Gasteiger partial charge in [-0.25, -0.2) is 4.79 Å². The largest absolute Gasteiger partial charge is 0.480 e. The molecule has 0 aromatic rings. The molecule has 170 valence electrons. The number of unbranched alkanes of at least 4 members (excludes halogenated alkanes) is 13. The van der Waals surface area contributed by atoms with Crippen LogP contribution in [0.2, 0.25) is 0 Å². The summed E-state index contributed by atoms with van der Waals surface area (Å²) in [4.78, 5) is 22.7. The van der Waals surface area contributed by atoms with Gasteiger partial charge in [-0.1, -0.05) is 83.3 Å². The number of allylic oxidation sites excluding steroid dienone is 2. The summed E-state index contributed by atoms with van der Waals surface area (Å²) in [7, 11) is 0. The van der Waals surface area contributed by atoms with Crippen molar-refractivity contribution in [2.24, 2.45) is 0 Å². The number of carbonyl (C=O) groups is 2. The normalized spacial score (nSPS) is 13.5. The molecule has 0 aromatic carbocycles. The van der Waals surface area contributed by atoms with Crippen LogP contribution in [0.3, 0.4) is 0 Å². The van der Waals surface area contributed by atoms with Gasteiger partial charge < -0.3 is 15.5 Å². The average Bonchev–Trinajstić information content (AvgIpc) is 2.68. The van der Waals surface area contributed by atoms with Crippen molar-refractivity contribution in [2.45, 2.75) is 129 Å². The van der Waals surface area contributed by atoms with Gasteiger partial charge in [-0.05, 0) is 39.0 Å². The maximum absolute atomic E-state index is 11.7. The van der Waals surface area contributed by atoms with E-state index in [1.165, 1.54) is 84.0 Å². The monoisotopic (exact) mass is 411 g/mol. The van der Waals surface area contributed by atoms with Gasteiger partial charge in [0.1, 0.15) is 0 Å². The molecule has 0 fully saturated rings. The fourth-order valence-corrected chi connectivity index (χ4v) is 3.34. The van der Waals surface area contributed by atoms with Crippen LogP contribution in [0.1, 0.15) is 117 Å². The molecule has 0 heterocycles. The van der Waals surface area contributed by atoms with Crippen molar-refractivity contribution in [3.05, 3.63) is 12.2 Å². The number of carboxylic acid groups (broad SMARTS) is 1. The number of carboxylic acids is 1. The van der Waals surface area contributed by atoms with Gasteiger partial charge >= 0.3 is 5.97 Å². The predicted octanol–water partition coefficient (Wildman–Crippen LogP) is 5.75. The lowest BCUT2D eigenvalue weighted by Gasteiger charge is -2.16. The van der Waals surface area contributed by atoms with Gasteiger partial charge in [0, 0.05) is 6.42 Å². The molecular formula is C24H45NO4. The van der Waals surface area contributed by atoms with E-state index in [1.54, 1.807) is 0 Å². The van der Waals surface area contributed by atoms with E-state index in [2.05, 4.69) is 24.4 Å². The van der Waals surface area contributed by atoms with Crippen LogP contribution in [0, 0.1) is 0 Å². The lowest BCUT2D eigenvalue weighted by molar-refractivity contribution is -0.144. The molecule has 29 heavy (non-hydrogen) atoms. The van der Waals surface area contributed by atoms with Crippen LogP contribution < -0.4 is 5.32 Å². The van der Waals surface area contributed by atoms with E-state index >= 15 is 0 Å². The van der Waals surface area contributed by atoms with Crippen molar-refractivity contribution in [3.8, 4) is 0 Å². The number of aliphatic carboxylic acids is 1. The number of hydrogen-bond donors (Lipinski definition) is 3. The molecule has 0 saturated carbocycles. The van der Waals surface area contributed by atoms with Gasteiger partial charge in [0.2, 0.25) is 5.91 Å². The maximum Gasteiger partial charge on any atom is 0.328 e. The van der Waals surface area contributed by atoms with E-state index in [-0.39, 0.29) is 5.91 Å². The molecule has 5 nitrogen and oxygen atoms in total. The highest BCUT2D eigenvalue weighted by Gasteiger charge is 2.24. The van der Waals surface area contributed by atoms with Crippen LogP contribution in [0.25, 0.3) is 0 Å². The summed E-state index contributed by atoms with van der Waals surface area (Å²) >= 11 is 0. The number of aliphatic hydroxyl groups is 1. The Morgan fingerprint density at radius 3 is 1.69 bits per heavy atom. The summed E-state index contributed by atoms with van der Waals surface area (Å²) in [5.41, 5.74) is 0. The molecule has 0 aliphatic heterocycles. The third-order valence-electron chi connectivity index (χ3n) is 5.23. The van der Waals surface area contributed by atoms with E-state index < -0.39 is 18.1 Å². The molecule has 0 rings (SSSR count). The van der Waals surface area contributed by atoms with Gasteiger partial charge in [0.05, 0.1) is 6.10 Å². The molecule has 0 spiro atoms. The molecule has 0 aromatic heterocycles. The summed E-state index contributed by atoms with van der Waals surface area (Å²) in [6.07, 6.45) is 22.3. The second-order valence-electron chi connectivity index (χ2n) is 8.17. The zero-order chi connectivity index (χ0) is 21.7. The third-order valence-corrected chi connectivity index (χ3v) is 5.23. The quantitative estimate of drug-likeness (QED) is 0.176. The molecule has 0 bridgehead atoms. The Morgan fingerprint density at radius 1 is 0.793 bits per heavy atom. The molecule has 1 amide bonds. The second-order valence-corrected chi connectivity index (χ2v) is 8.17. The third kappa shape index (κ3) is 18.4. The predicted molar refractivity (Wildman–Crippen MR) is 120 cm³/mol. The summed E-state index contributed by atoms with van der Waals surface area (Å²) in [5, 5.41) is 20.7. The lowest BCUT2D eigenvalue weighted by atomic mass is 10.1. The van der Waals surface area contributed by atoms with E-state index in [1.807, 2.05) is 0 Å². The first-order valence-electron chi connectivity index (χ1n) is 11.8. The van der Waals surface area contributed by atoms with Gasteiger partial charge in [0.15, 0.2) is 6.04 Å². The standard InChI is InChI=1S/C24H45NO4/c1-3-4-5-6-7-8-9-10-11-12-13-14-15-16-17-18-19-20-22(27)25-23(21(2)26)24(28)29/h10-11,21,23,26H,3-9,12-20H2,1-2H3,(H,25,27)(H,28,29)/b11-10-/t21-,23+/m1/s1. The number of aliphatic hydroxyl groups excluding tert-OH is 1. The van der Waals surface area contributed by atoms with E-state index in [0.717, 1.165) is 19.3 Å². The molecule has 0 aliphatic rings. The van der Waals surface area contributed by atoms with Crippen molar-refractivity contribution in [1.29, 1.82) is 0 Å². The Morgan fingerprint density at radius 2 is 1.24 bits per heavy atom. The number of rotatable bonds is 20. The highest BCUT2D eigenvalue weighted by atomic mass is 16.4. The number of carbonyl (C=O) groups excluding carboxylic acids is 1. The van der Waals surface area contributed by atoms with Gasteiger partial charge in [-0.15, -0.1) is 0 Å². The Labute approximate surface area is 178 Å². The van der Waals surface area contributed by atoms with Crippen LogP contribution in [0.5, 0.6) is 0 Å². The van der Waals surface area contributed by atoms with Crippen LogP contribution in [-0.4, -0.2) is 34.2 Å². The number of nitrogens with one attached hydrogen (secondary N) is 1. The highest BCUT2D eigenvalue weighted by Crippen LogP contribution is 2.11. The Balaban J connectivity index is 3.40. The summed E-state index contributed by atoms with van der Waals surface area (Å²) in [5.74, 6) is -1.50. The molecule has 3 N–H and O–H groups in total. The van der Waals surface area contributed by atoms with Gasteiger partial charge in [-0.2, -0.15) is 0 Å². The van der Waals surface area contributed by atoms with Crippen molar-refractivity contribution < 1.29 is 19.8 Å². The molecule has 0 aliphatic carbocycles. The lowest BCUT2D eigenvalue weighted by Crippen LogP contribution is -2.47. The van der Waals surface area contributed by atoms with Gasteiger partial charge in [0.25, 0.3) is 0 Å². The van der Waals surface area contributed by atoms with Crippen LogP contribution in [0.4, 0.5) is 0 Å². The summed E-state index contributed by atoms with van der Waals surface area (Å²) < 4.78 is 0. The van der Waals surface area contributed by atoms with Crippen molar-refractivity contribution in [1.82, 2.24) is 5.32 Å². The van der Waals surface area contributed by atoms with E-state index in [9.17, 15) is 14.7 Å². The van der Waals surface area contributed by atoms with Crippen molar-refractivity contribution in [2.75, 3.05) is 0 Å². The highest BCUT2D eigenvalue weighted by molar-refractivity contribution is 5.83. The van der Waals surface area contributed by atoms with Crippen LogP contribution in [0.15, 0.2) is 12.2 Å². The molecule has 5 heteroatoms. The number of amides is 1. The van der Waals surface area contributed by atoms with E-state index in [4.69, 9.17) is 5.11 Å². The Kier molecular flexibility index (Phi) is 19.0. The first-order valence-corrected chi connectivity index (χ1v) is 11.8. The first kappa shape index (κ1) is 27.6. The molecule has 0 radical (unpaired) electrons. The first-order chi connectivity index (χ1) is 14.0. The summed E-state index contributed by atoms with van der Waals surface area (Å²) in [6.45, 7) is 3.62. The zero-order valence-corrected chi connectivity index (χ0v) is 18.8. The topological polar surface area (TPSA) is 86.6 Å². The Bertz CT molecular complexity index is 435.